The third kappa shape index (κ3) is 2.64. The molecule has 4 rings (SSSR count). The van der Waals surface area contributed by atoms with E-state index in [1.807, 2.05) is 18.2 Å². The molecule has 136 valence electrons. The van der Waals surface area contributed by atoms with Gasteiger partial charge in [0, 0.05) is 26.2 Å². The van der Waals surface area contributed by atoms with Crippen LogP contribution in [0.3, 0.4) is 0 Å². The zero-order valence-corrected chi connectivity index (χ0v) is 15.8. The lowest BCUT2D eigenvalue weighted by Gasteiger charge is -2.25. The van der Waals surface area contributed by atoms with Crippen LogP contribution in [-0.4, -0.2) is 32.2 Å². The minimum atomic E-state index is -3.59. The van der Waals surface area contributed by atoms with Crippen molar-refractivity contribution < 1.29 is 13.2 Å². The van der Waals surface area contributed by atoms with Gasteiger partial charge in [-0.05, 0) is 54.2 Å². The van der Waals surface area contributed by atoms with Crippen LogP contribution in [-0.2, 0) is 27.7 Å². The Balaban J connectivity index is 1.67. The first-order valence-electron chi connectivity index (χ1n) is 8.86. The number of rotatable bonds is 3. The highest BCUT2D eigenvalue weighted by molar-refractivity contribution is 7.89. The van der Waals surface area contributed by atoms with Crippen molar-refractivity contribution in [1.82, 2.24) is 4.31 Å². The van der Waals surface area contributed by atoms with E-state index in [0.717, 1.165) is 29.7 Å². The number of fused-ring (bicyclic) bond motifs is 2. The number of hydrogen-bond acceptors (Lipinski definition) is 3. The van der Waals surface area contributed by atoms with Gasteiger partial charge in [-0.1, -0.05) is 24.3 Å². The summed E-state index contributed by atoms with van der Waals surface area (Å²) in [5.74, 6) is -0.0148. The molecule has 1 aliphatic heterocycles. The van der Waals surface area contributed by atoms with Crippen LogP contribution in [0.4, 0.5) is 5.69 Å². The molecule has 0 aromatic heterocycles. The number of carbonyl (C=O) groups is 1. The molecule has 1 aliphatic carbocycles. The molecule has 0 spiro atoms. The second kappa shape index (κ2) is 6.21. The quantitative estimate of drug-likeness (QED) is 0.835. The smallest absolute Gasteiger partial charge is 0.243 e. The Morgan fingerprint density at radius 1 is 1.12 bits per heavy atom. The topological polar surface area (TPSA) is 57.7 Å². The largest absolute Gasteiger partial charge is 0.312 e. The molecule has 0 saturated heterocycles. The number of aryl methyl sites for hydroxylation is 1. The van der Waals surface area contributed by atoms with Crippen molar-refractivity contribution in [3.05, 3.63) is 59.2 Å². The predicted molar refractivity (Wildman–Crippen MR) is 101 cm³/mol. The molecule has 2 aromatic carbocycles. The first kappa shape index (κ1) is 17.2. The van der Waals surface area contributed by atoms with Crippen LogP contribution in [0.15, 0.2) is 47.4 Å². The molecule has 6 heteroatoms. The first-order chi connectivity index (χ1) is 12.4. The Morgan fingerprint density at radius 3 is 2.65 bits per heavy atom. The standard InChI is InChI=1S/C20H22N2O3S/c1-14(23)22-12-11-16-13-17(8-10-19(16)22)26(24,25)21(2)20-9-7-15-5-3-4-6-18(15)20/h3-6,8,10,13,20H,7,9,11-12H2,1-2H3. The highest BCUT2D eigenvalue weighted by atomic mass is 32.2. The second-order valence-corrected chi connectivity index (χ2v) is 8.98. The fraction of sp³-hybridized carbons (Fsp3) is 0.350. The maximum atomic E-state index is 13.2. The summed E-state index contributed by atoms with van der Waals surface area (Å²) in [7, 11) is -1.93. The molecular formula is C20H22N2O3S. The van der Waals surface area contributed by atoms with Crippen LogP contribution in [0, 0.1) is 0 Å². The van der Waals surface area contributed by atoms with Gasteiger partial charge in [-0.2, -0.15) is 4.31 Å². The lowest BCUT2D eigenvalue weighted by atomic mass is 10.1. The van der Waals surface area contributed by atoms with Crippen LogP contribution in [0.25, 0.3) is 0 Å². The zero-order chi connectivity index (χ0) is 18.5. The summed E-state index contributed by atoms with van der Waals surface area (Å²) in [4.78, 5) is 13.7. The van der Waals surface area contributed by atoms with Crippen molar-refractivity contribution in [2.24, 2.45) is 0 Å². The van der Waals surface area contributed by atoms with Crippen LogP contribution >= 0.6 is 0 Å². The second-order valence-electron chi connectivity index (χ2n) is 6.99. The van der Waals surface area contributed by atoms with Crippen molar-refractivity contribution in [2.75, 3.05) is 18.5 Å². The molecule has 2 aliphatic rings. The van der Waals surface area contributed by atoms with Crippen LogP contribution < -0.4 is 4.90 Å². The van der Waals surface area contributed by atoms with Gasteiger partial charge in [0.1, 0.15) is 0 Å². The summed E-state index contributed by atoms with van der Waals surface area (Å²) < 4.78 is 27.9. The SMILES string of the molecule is CC(=O)N1CCc2cc(S(=O)(=O)N(C)C3CCc4ccccc43)ccc21. The van der Waals surface area contributed by atoms with E-state index in [1.54, 1.807) is 30.1 Å². The van der Waals surface area contributed by atoms with E-state index in [2.05, 4.69) is 6.07 Å². The normalized spacial score (nSPS) is 18.9. The molecule has 1 amide bonds. The average Bonchev–Trinajstić information content (AvgIpc) is 3.24. The Labute approximate surface area is 154 Å². The number of sulfonamides is 1. The van der Waals surface area contributed by atoms with E-state index in [9.17, 15) is 13.2 Å². The van der Waals surface area contributed by atoms with Gasteiger partial charge in [-0.25, -0.2) is 8.42 Å². The van der Waals surface area contributed by atoms with Crippen LogP contribution in [0.2, 0.25) is 0 Å². The molecule has 0 radical (unpaired) electrons. The molecule has 0 fully saturated rings. The molecule has 2 aromatic rings. The number of amides is 1. The fourth-order valence-electron chi connectivity index (χ4n) is 4.11. The molecule has 5 nitrogen and oxygen atoms in total. The van der Waals surface area contributed by atoms with Gasteiger partial charge in [-0.15, -0.1) is 0 Å². The predicted octanol–water partition coefficient (Wildman–Crippen LogP) is 2.90. The third-order valence-electron chi connectivity index (χ3n) is 5.54. The number of anilines is 1. The van der Waals surface area contributed by atoms with Crippen molar-refractivity contribution in [1.29, 1.82) is 0 Å². The Hall–Kier alpha value is -2.18. The summed E-state index contributed by atoms with van der Waals surface area (Å²) in [6.45, 7) is 2.14. The maximum absolute atomic E-state index is 13.2. The third-order valence-corrected chi connectivity index (χ3v) is 7.41. The highest BCUT2D eigenvalue weighted by Crippen LogP contribution is 2.38. The first-order valence-corrected chi connectivity index (χ1v) is 10.3. The lowest BCUT2D eigenvalue weighted by Crippen LogP contribution is -2.30. The number of carbonyl (C=O) groups excluding carboxylic acids is 1. The van der Waals surface area contributed by atoms with Crippen molar-refractivity contribution >= 4 is 21.6 Å². The summed E-state index contributed by atoms with van der Waals surface area (Å²) in [5, 5.41) is 0. The fourth-order valence-corrected chi connectivity index (χ4v) is 5.53. The summed E-state index contributed by atoms with van der Waals surface area (Å²) >= 11 is 0. The van der Waals surface area contributed by atoms with Gasteiger partial charge < -0.3 is 4.90 Å². The number of hydrogen-bond donors (Lipinski definition) is 0. The molecule has 1 atom stereocenters. The molecule has 1 heterocycles. The van der Waals surface area contributed by atoms with E-state index in [-0.39, 0.29) is 11.9 Å². The van der Waals surface area contributed by atoms with Gasteiger partial charge in [0.15, 0.2) is 0 Å². The minimum absolute atomic E-state index is 0.0148. The summed E-state index contributed by atoms with van der Waals surface area (Å²) in [6.07, 6.45) is 2.39. The number of benzene rings is 2. The Kier molecular flexibility index (Phi) is 4.12. The van der Waals surface area contributed by atoms with Gasteiger partial charge in [0.05, 0.1) is 10.9 Å². The number of nitrogens with zero attached hydrogens (tertiary/aromatic N) is 2. The van der Waals surface area contributed by atoms with Crippen molar-refractivity contribution in [2.45, 2.75) is 37.1 Å². The minimum Gasteiger partial charge on any atom is -0.312 e. The lowest BCUT2D eigenvalue weighted by molar-refractivity contribution is -0.116. The van der Waals surface area contributed by atoms with Gasteiger partial charge in [-0.3, -0.25) is 4.79 Å². The van der Waals surface area contributed by atoms with E-state index >= 15 is 0 Å². The van der Waals surface area contributed by atoms with E-state index in [4.69, 9.17) is 0 Å². The maximum Gasteiger partial charge on any atom is 0.243 e. The van der Waals surface area contributed by atoms with Gasteiger partial charge in [0.25, 0.3) is 0 Å². The van der Waals surface area contributed by atoms with E-state index < -0.39 is 10.0 Å². The zero-order valence-electron chi connectivity index (χ0n) is 15.0. The Bertz CT molecular complexity index is 984. The molecule has 1 unspecified atom stereocenters. The summed E-state index contributed by atoms with van der Waals surface area (Å²) in [5.41, 5.74) is 4.07. The van der Waals surface area contributed by atoms with E-state index in [0.29, 0.717) is 17.9 Å². The van der Waals surface area contributed by atoms with Gasteiger partial charge >= 0.3 is 0 Å². The highest BCUT2D eigenvalue weighted by Gasteiger charge is 2.34. The molecular weight excluding hydrogens is 348 g/mol. The van der Waals surface area contributed by atoms with Crippen molar-refractivity contribution in [3.8, 4) is 0 Å². The monoisotopic (exact) mass is 370 g/mol. The average molecular weight is 370 g/mol. The van der Waals surface area contributed by atoms with Crippen LogP contribution in [0.1, 0.15) is 36.1 Å². The molecule has 0 N–H and O–H groups in total. The van der Waals surface area contributed by atoms with E-state index in [1.165, 1.54) is 16.8 Å². The van der Waals surface area contributed by atoms with Crippen LogP contribution in [0.5, 0.6) is 0 Å². The molecule has 0 saturated carbocycles. The van der Waals surface area contributed by atoms with Crippen molar-refractivity contribution in [3.63, 3.8) is 0 Å². The molecule has 0 bridgehead atoms. The summed E-state index contributed by atoms with van der Waals surface area (Å²) in [6, 6.07) is 13.0. The Morgan fingerprint density at radius 2 is 1.88 bits per heavy atom. The van der Waals surface area contributed by atoms with Gasteiger partial charge in [0.2, 0.25) is 15.9 Å². The molecule has 26 heavy (non-hydrogen) atoms.